The maximum Gasteiger partial charge on any atom is 0.0925 e. The van der Waals surface area contributed by atoms with E-state index in [1.54, 1.807) is 0 Å². The van der Waals surface area contributed by atoms with E-state index in [4.69, 9.17) is 0 Å². The van der Waals surface area contributed by atoms with E-state index in [-0.39, 0.29) is 24.8 Å². The molecule has 1 N–H and O–H groups in total. The molecule has 3 nitrogen and oxygen atoms in total. The van der Waals surface area contributed by atoms with Gasteiger partial charge in [0.15, 0.2) is 0 Å². The van der Waals surface area contributed by atoms with E-state index in [1.165, 1.54) is 23.1 Å². The fourth-order valence-corrected chi connectivity index (χ4v) is 5.10. The molecule has 0 bridgehead atoms. The van der Waals surface area contributed by atoms with Gasteiger partial charge < -0.3 is 14.9 Å². The zero-order chi connectivity index (χ0) is 20.3. The zero-order valence-electron chi connectivity index (χ0n) is 18.9. The van der Waals surface area contributed by atoms with Crippen LogP contribution in [0.2, 0.25) is 0 Å². The lowest BCUT2D eigenvalue weighted by molar-refractivity contribution is -0.0608. The maximum absolute atomic E-state index is 11.7. The van der Waals surface area contributed by atoms with Gasteiger partial charge in [0, 0.05) is 26.2 Å². The number of benzene rings is 2. The molecular formula is C26H38Cl2N2O. The van der Waals surface area contributed by atoms with Gasteiger partial charge in [0.05, 0.1) is 5.60 Å². The van der Waals surface area contributed by atoms with Gasteiger partial charge in [0.1, 0.15) is 0 Å². The van der Waals surface area contributed by atoms with Crippen molar-refractivity contribution in [1.82, 2.24) is 9.80 Å². The Morgan fingerprint density at radius 2 is 1.45 bits per heavy atom. The molecule has 4 rings (SSSR count). The van der Waals surface area contributed by atoms with Crippen molar-refractivity contribution in [1.29, 1.82) is 0 Å². The molecule has 2 aromatic rings. The predicted molar refractivity (Wildman–Crippen MR) is 136 cm³/mol. The second-order valence-electron chi connectivity index (χ2n) is 9.24. The highest BCUT2D eigenvalue weighted by Crippen LogP contribution is 2.43. The number of piperazine rings is 1. The first-order valence-electron chi connectivity index (χ1n) is 11.4. The first-order chi connectivity index (χ1) is 14.0. The molecule has 0 spiro atoms. The molecule has 5 heteroatoms. The molecule has 2 aromatic carbocycles. The first kappa shape index (κ1) is 26.2. The highest BCUT2D eigenvalue weighted by molar-refractivity contribution is 5.85. The number of hydrogen-bond donors (Lipinski definition) is 1. The molecular weight excluding hydrogens is 427 g/mol. The summed E-state index contributed by atoms with van der Waals surface area (Å²) >= 11 is 0. The van der Waals surface area contributed by atoms with E-state index >= 15 is 0 Å². The van der Waals surface area contributed by atoms with Crippen molar-refractivity contribution in [3.8, 4) is 11.1 Å². The minimum Gasteiger partial charge on any atom is -0.385 e. The lowest BCUT2D eigenvalue weighted by atomic mass is 9.70. The van der Waals surface area contributed by atoms with E-state index in [0.717, 1.165) is 64.0 Å². The van der Waals surface area contributed by atoms with Crippen LogP contribution in [0.4, 0.5) is 0 Å². The summed E-state index contributed by atoms with van der Waals surface area (Å²) in [5, 5.41) is 11.7. The van der Waals surface area contributed by atoms with E-state index < -0.39 is 5.60 Å². The lowest BCUT2D eigenvalue weighted by Crippen LogP contribution is -2.46. The third-order valence-corrected chi connectivity index (χ3v) is 7.20. The van der Waals surface area contributed by atoms with Gasteiger partial charge in [-0.15, -0.1) is 24.8 Å². The minimum atomic E-state index is -0.670. The molecule has 31 heavy (non-hydrogen) atoms. The standard InChI is InChI=1S/C26H36N2O.2ClH/c1-21-6-8-22(9-7-21)23-10-12-25(13-11-23)26(29)15-4-3-5-24(26)14-16-28-19-17-27(2)18-20-28;;/h6-13,24,29H,3-5,14-20H2,1-2H3;2*1H. The Kier molecular flexibility index (Phi) is 9.85. The van der Waals surface area contributed by atoms with Crippen LogP contribution in [0, 0.1) is 12.8 Å². The molecule has 1 saturated carbocycles. The number of aryl methyl sites for hydroxylation is 1. The molecule has 2 unspecified atom stereocenters. The summed E-state index contributed by atoms with van der Waals surface area (Å²) < 4.78 is 0. The van der Waals surface area contributed by atoms with Gasteiger partial charge in [-0.05, 0) is 62.4 Å². The average molecular weight is 466 g/mol. The summed E-state index contributed by atoms with van der Waals surface area (Å²) in [6.45, 7) is 7.88. The number of rotatable bonds is 5. The van der Waals surface area contributed by atoms with Crippen LogP contribution in [0.25, 0.3) is 11.1 Å². The van der Waals surface area contributed by atoms with Gasteiger partial charge in [-0.25, -0.2) is 0 Å². The summed E-state index contributed by atoms with van der Waals surface area (Å²) in [6.07, 6.45) is 5.51. The SMILES string of the molecule is Cc1ccc(-c2ccc(C3(O)CCCCC3CCN3CCN(C)CC3)cc2)cc1.Cl.Cl. The molecule has 1 heterocycles. The molecule has 172 valence electrons. The molecule has 2 aliphatic rings. The molecule has 1 aliphatic carbocycles. The topological polar surface area (TPSA) is 26.7 Å². The summed E-state index contributed by atoms with van der Waals surface area (Å²) in [5.74, 6) is 0.362. The fraction of sp³-hybridized carbons (Fsp3) is 0.538. The predicted octanol–water partition coefficient (Wildman–Crippen LogP) is 5.52. The van der Waals surface area contributed by atoms with Crippen LogP contribution >= 0.6 is 24.8 Å². The zero-order valence-corrected chi connectivity index (χ0v) is 20.6. The molecule has 2 atom stereocenters. The number of likely N-dealkylation sites (N-methyl/N-ethyl adjacent to an activating group) is 1. The Bertz CT molecular complexity index is 788. The fourth-order valence-electron chi connectivity index (χ4n) is 5.10. The summed E-state index contributed by atoms with van der Waals surface area (Å²) in [5.41, 5.74) is 4.18. The van der Waals surface area contributed by atoms with Crippen LogP contribution in [0.3, 0.4) is 0 Å². The minimum absolute atomic E-state index is 0. The molecule has 1 saturated heterocycles. The summed E-state index contributed by atoms with van der Waals surface area (Å²) in [4.78, 5) is 4.98. The van der Waals surface area contributed by atoms with Crippen molar-refractivity contribution in [2.45, 2.75) is 44.6 Å². The van der Waals surface area contributed by atoms with Crippen molar-refractivity contribution in [3.63, 3.8) is 0 Å². The van der Waals surface area contributed by atoms with Crippen LogP contribution in [0.5, 0.6) is 0 Å². The third kappa shape index (κ3) is 6.24. The van der Waals surface area contributed by atoms with Crippen molar-refractivity contribution in [2.24, 2.45) is 5.92 Å². The Morgan fingerprint density at radius 1 is 0.871 bits per heavy atom. The highest BCUT2D eigenvalue weighted by Gasteiger charge is 2.40. The molecule has 1 aliphatic heterocycles. The van der Waals surface area contributed by atoms with E-state index in [1.807, 2.05) is 0 Å². The molecule has 0 amide bonds. The number of aliphatic hydroxyl groups is 1. The lowest BCUT2D eigenvalue weighted by Gasteiger charge is -2.42. The van der Waals surface area contributed by atoms with Gasteiger partial charge in [0.2, 0.25) is 0 Å². The summed E-state index contributed by atoms with van der Waals surface area (Å²) in [6, 6.07) is 17.4. The highest BCUT2D eigenvalue weighted by atomic mass is 35.5. The first-order valence-corrected chi connectivity index (χ1v) is 11.4. The Hall–Kier alpha value is -1.10. The summed E-state index contributed by atoms with van der Waals surface area (Å²) in [7, 11) is 2.21. The molecule has 0 aromatic heterocycles. The van der Waals surface area contributed by atoms with E-state index in [9.17, 15) is 5.11 Å². The van der Waals surface area contributed by atoms with Crippen molar-refractivity contribution >= 4 is 24.8 Å². The second-order valence-corrected chi connectivity index (χ2v) is 9.24. The average Bonchev–Trinajstić information content (AvgIpc) is 2.75. The van der Waals surface area contributed by atoms with Crippen molar-refractivity contribution in [3.05, 3.63) is 59.7 Å². The third-order valence-electron chi connectivity index (χ3n) is 7.20. The van der Waals surface area contributed by atoms with Crippen molar-refractivity contribution in [2.75, 3.05) is 39.8 Å². The van der Waals surface area contributed by atoms with Gasteiger partial charge in [0.25, 0.3) is 0 Å². The molecule has 0 radical (unpaired) electrons. The Balaban J connectivity index is 0.00000171. The smallest absolute Gasteiger partial charge is 0.0925 e. The van der Waals surface area contributed by atoms with Crippen LogP contribution in [0.1, 0.15) is 43.2 Å². The Morgan fingerprint density at radius 3 is 2.06 bits per heavy atom. The Labute approximate surface area is 200 Å². The van der Waals surface area contributed by atoms with E-state index in [0.29, 0.717) is 5.92 Å². The normalized spacial score (nSPS) is 24.8. The van der Waals surface area contributed by atoms with E-state index in [2.05, 4.69) is 72.3 Å². The van der Waals surface area contributed by atoms with Crippen LogP contribution in [0.15, 0.2) is 48.5 Å². The quantitative estimate of drug-likeness (QED) is 0.630. The monoisotopic (exact) mass is 464 g/mol. The van der Waals surface area contributed by atoms with Crippen LogP contribution in [-0.2, 0) is 5.60 Å². The molecule has 2 fully saturated rings. The van der Waals surface area contributed by atoms with Gasteiger partial charge in [-0.2, -0.15) is 0 Å². The number of halogens is 2. The van der Waals surface area contributed by atoms with Crippen LogP contribution < -0.4 is 0 Å². The number of hydrogen-bond acceptors (Lipinski definition) is 3. The van der Waals surface area contributed by atoms with Crippen LogP contribution in [-0.4, -0.2) is 54.7 Å². The number of nitrogens with zero attached hydrogens (tertiary/aromatic N) is 2. The maximum atomic E-state index is 11.7. The van der Waals surface area contributed by atoms with Gasteiger partial charge in [-0.1, -0.05) is 66.9 Å². The van der Waals surface area contributed by atoms with Gasteiger partial charge >= 0.3 is 0 Å². The largest absolute Gasteiger partial charge is 0.385 e. The second kappa shape index (κ2) is 11.7. The van der Waals surface area contributed by atoms with Gasteiger partial charge in [-0.3, -0.25) is 0 Å². The van der Waals surface area contributed by atoms with Crippen molar-refractivity contribution < 1.29 is 5.11 Å².